The smallest absolute Gasteiger partial charge is 0.310 e. The second kappa shape index (κ2) is 4.73. The molecule has 7 heteroatoms. The largest absolute Gasteiger partial charge is 0.466 e. The standard InChI is InChI=1S/C10H11NO4S2/c1-2-15-8(13)3-5-9(10(14)16)11-6(12)4-7(11)17-5/h7H,2-4H2,1H3,(H,14,16)/t7-/m1/s1. The van der Waals surface area contributed by atoms with E-state index in [-0.39, 0.29) is 23.4 Å². The highest BCUT2D eigenvalue weighted by Crippen LogP contribution is 2.47. The van der Waals surface area contributed by atoms with Crippen LogP contribution in [-0.4, -0.2) is 33.9 Å². The van der Waals surface area contributed by atoms with Crippen molar-refractivity contribution in [3.63, 3.8) is 0 Å². The van der Waals surface area contributed by atoms with Gasteiger partial charge in [-0.25, -0.2) is 0 Å². The first-order valence-electron chi connectivity index (χ1n) is 5.15. The molecule has 1 fully saturated rings. The summed E-state index contributed by atoms with van der Waals surface area (Å²) in [6.45, 7) is 2.02. The van der Waals surface area contributed by atoms with Crippen LogP contribution < -0.4 is 0 Å². The van der Waals surface area contributed by atoms with Crippen LogP contribution in [0.2, 0.25) is 0 Å². The summed E-state index contributed by atoms with van der Waals surface area (Å²) in [6.07, 6.45) is 0.433. The van der Waals surface area contributed by atoms with Gasteiger partial charge >= 0.3 is 5.97 Å². The van der Waals surface area contributed by atoms with Gasteiger partial charge in [-0.2, -0.15) is 0 Å². The lowest BCUT2D eigenvalue weighted by atomic mass is 10.1. The molecule has 0 aliphatic carbocycles. The summed E-state index contributed by atoms with van der Waals surface area (Å²) in [5.41, 5.74) is 0.243. The van der Waals surface area contributed by atoms with Crippen molar-refractivity contribution in [1.82, 2.24) is 4.90 Å². The van der Waals surface area contributed by atoms with Gasteiger partial charge in [0.25, 0.3) is 0 Å². The molecular weight excluding hydrogens is 262 g/mol. The molecule has 1 amide bonds. The lowest BCUT2D eigenvalue weighted by Gasteiger charge is -2.34. The maximum Gasteiger partial charge on any atom is 0.310 e. The minimum absolute atomic E-state index is 0.0282. The molecule has 0 N–H and O–H groups in total. The Morgan fingerprint density at radius 3 is 2.82 bits per heavy atom. The summed E-state index contributed by atoms with van der Waals surface area (Å²) in [5.74, 6) is -0.490. The molecule has 0 spiro atoms. The van der Waals surface area contributed by atoms with Gasteiger partial charge in [0.15, 0.2) is 0 Å². The van der Waals surface area contributed by atoms with Crippen molar-refractivity contribution < 1.29 is 19.1 Å². The van der Waals surface area contributed by atoms with Gasteiger partial charge in [0.1, 0.15) is 5.70 Å². The van der Waals surface area contributed by atoms with E-state index in [1.807, 2.05) is 0 Å². The van der Waals surface area contributed by atoms with Crippen LogP contribution in [0.3, 0.4) is 0 Å². The lowest BCUT2D eigenvalue weighted by molar-refractivity contribution is -0.142. The van der Waals surface area contributed by atoms with E-state index in [1.165, 1.54) is 16.7 Å². The van der Waals surface area contributed by atoms with Crippen LogP contribution in [-0.2, 0) is 19.1 Å². The molecule has 1 saturated heterocycles. The maximum absolute atomic E-state index is 11.4. The zero-order chi connectivity index (χ0) is 12.6. The van der Waals surface area contributed by atoms with Crippen molar-refractivity contribution in [2.24, 2.45) is 0 Å². The van der Waals surface area contributed by atoms with E-state index in [0.717, 1.165) is 0 Å². The van der Waals surface area contributed by atoms with E-state index < -0.39 is 11.1 Å². The highest BCUT2D eigenvalue weighted by Gasteiger charge is 2.47. The van der Waals surface area contributed by atoms with E-state index in [4.69, 9.17) is 4.74 Å². The summed E-state index contributed by atoms with van der Waals surface area (Å²) >= 11 is 5.11. The molecule has 5 nitrogen and oxygen atoms in total. The number of thiol groups is 1. The van der Waals surface area contributed by atoms with Gasteiger partial charge < -0.3 is 4.74 Å². The maximum atomic E-state index is 11.4. The van der Waals surface area contributed by atoms with Gasteiger partial charge in [-0.3, -0.25) is 19.3 Å². The Hall–Kier alpha value is -0.950. The number of nitrogens with zero attached hydrogens (tertiary/aromatic N) is 1. The topological polar surface area (TPSA) is 63.7 Å². The summed E-state index contributed by atoms with van der Waals surface area (Å²) in [6, 6.07) is 0. The average Bonchev–Trinajstić information content (AvgIpc) is 2.51. The molecule has 2 aliphatic rings. The summed E-state index contributed by atoms with van der Waals surface area (Å²) < 4.78 is 4.82. The zero-order valence-electron chi connectivity index (χ0n) is 9.13. The highest BCUT2D eigenvalue weighted by atomic mass is 32.2. The van der Waals surface area contributed by atoms with E-state index in [0.29, 0.717) is 17.9 Å². The Morgan fingerprint density at radius 1 is 1.59 bits per heavy atom. The predicted molar refractivity (Wildman–Crippen MR) is 65.1 cm³/mol. The van der Waals surface area contributed by atoms with Crippen LogP contribution >= 0.6 is 24.4 Å². The monoisotopic (exact) mass is 273 g/mol. The number of hydrogen-bond acceptors (Lipinski definition) is 5. The third kappa shape index (κ3) is 2.21. The van der Waals surface area contributed by atoms with Crippen LogP contribution in [0.1, 0.15) is 19.8 Å². The molecular formula is C10H11NO4S2. The summed E-state index contributed by atoms with van der Waals surface area (Å²) in [7, 11) is 0. The van der Waals surface area contributed by atoms with Crippen LogP contribution in [0.25, 0.3) is 0 Å². The third-order valence-electron chi connectivity index (χ3n) is 2.50. The second-order valence-corrected chi connectivity index (χ2v) is 5.28. The fourth-order valence-corrected chi connectivity index (χ4v) is 3.50. The normalized spacial score (nSPS) is 22.4. The minimum Gasteiger partial charge on any atom is -0.466 e. The van der Waals surface area contributed by atoms with Crippen molar-refractivity contribution in [2.75, 3.05) is 6.61 Å². The SMILES string of the molecule is CCOC(=O)CC1=C(C(=O)S)N2C(=O)C[C@H]2S1. The van der Waals surface area contributed by atoms with Crippen LogP contribution in [0.4, 0.5) is 0 Å². The molecule has 2 aliphatic heterocycles. The Labute approximate surface area is 108 Å². The highest BCUT2D eigenvalue weighted by molar-refractivity contribution is 8.04. The third-order valence-corrected chi connectivity index (χ3v) is 3.99. The molecule has 0 bridgehead atoms. The molecule has 0 unspecified atom stereocenters. The van der Waals surface area contributed by atoms with Gasteiger partial charge in [0, 0.05) is 4.91 Å². The van der Waals surface area contributed by atoms with Gasteiger partial charge in [0.2, 0.25) is 11.0 Å². The number of β-lactam (4-membered cyclic amide) rings is 1. The fraction of sp³-hybridized carbons (Fsp3) is 0.500. The molecule has 2 rings (SSSR count). The summed E-state index contributed by atoms with van der Waals surface area (Å²) in [4.78, 5) is 36.1. The minimum atomic E-state index is -0.479. The fourth-order valence-electron chi connectivity index (χ4n) is 1.80. The van der Waals surface area contributed by atoms with Crippen LogP contribution in [0, 0.1) is 0 Å². The number of carbonyl (C=O) groups is 3. The van der Waals surface area contributed by atoms with Crippen LogP contribution in [0.5, 0.6) is 0 Å². The molecule has 92 valence electrons. The van der Waals surface area contributed by atoms with E-state index in [2.05, 4.69) is 12.6 Å². The van der Waals surface area contributed by atoms with Gasteiger partial charge in [-0.15, -0.1) is 11.8 Å². The number of esters is 1. The predicted octanol–water partition coefficient (Wildman–Crippen LogP) is 0.913. The first kappa shape index (κ1) is 12.5. The van der Waals surface area contributed by atoms with Gasteiger partial charge in [-0.1, -0.05) is 12.6 Å². The number of amides is 1. The van der Waals surface area contributed by atoms with Crippen molar-refractivity contribution in [2.45, 2.75) is 25.1 Å². The second-order valence-electron chi connectivity index (χ2n) is 3.60. The molecule has 0 radical (unpaired) electrons. The molecule has 0 aromatic rings. The van der Waals surface area contributed by atoms with E-state index >= 15 is 0 Å². The number of carbonyl (C=O) groups excluding carboxylic acids is 3. The zero-order valence-corrected chi connectivity index (χ0v) is 10.8. The number of ether oxygens (including phenoxy) is 1. The molecule has 0 aromatic carbocycles. The quantitative estimate of drug-likeness (QED) is 0.469. The molecule has 0 aromatic heterocycles. The molecule has 0 saturated carbocycles. The Balaban J connectivity index is 2.17. The Morgan fingerprint density at radius 2 is 2.29 bits per heavy atom. The number of thioether (sulfide) groups is 1. The lowest BCUT2D eigenvalue weighted by Crippen LogP contribution is -2.48. The first-order chi connectivity index (χ1) is 8.04. The summed E-state index contributed by atoms with van der Waals surface area (Å²) in [5, 5.41) is -0.523. The van der Waals surface area contributed by atoms with E-state index in [9.17, 15) is 14.4 Å². The number of hydrogen-bond donors (Lipinski definition) is 1. The van der Waals surface area contributed by atoms with Crippen molar-refractivity contribution >= 4 is 41.4 Å². The van der Waals surface area contributed by atoms with Crippen LogP contribution in [0.15, 0.2) is 10.6 Å². The van der Waals surface area contributed by atoms with Gasteiger partial charge in [0.05, 0.1) is 24.8 Å². The average molecular weight is 273 g/mol. The first-order valence-corrected chi connectivity index (χ1v) is 6.48. The van der Waals surface area contributed by atoms with E-state index in [1.54, 1.807) is 6.92 Å². The van der Waals surface area contributed by atoms with Crippen molar-refractivity contribution in [3.05, 3.63) is 10.6 Å². The number of rotatable bonds is 4. The van der Waals surface area contributed by atoms with Crippen molar-refractivity contribution in [3.8, 4) is 0 Å². The Kier molecular flexibility index (Phi) is 3.48. The molecule has 17 heavy (non-hydrogen) atoms. The molecule has 1 atom stereocenters. The van der Waals surface area contributed by atoms with Crippen molar-refractivity contribution in [1.29, 1.82) is 0 Å². The molecule has 2 heterocycles. The number of fused-ring (bicyclic) bond motifs is 1. The Bertz CT molecular complexity index is 432. The van der Waals surface area contributed by atoms with Gasteiger partial charge in [-0.05, 0) is 6.92 Å².